The van der Waals surface area contributed by atoms with Gasteiger partial charge in [-0.1, -0.05) is 18.9 Å². The van der Waals surface area contributed by atoms with E-state index in [1.807, 2.05) is 23.1 Å². The molecule has 1 aliphatic heterocycles. The molecular formula is C19H27NO4. The van der Waals surface area contributed by atoms with Crippen molar-refractivity contribution in [3.8, 4) is 11.5 Å². The topological polar surface area (TPSA) is 59.0 Å². The molecule has 0 aromatic heterocycles. The van der Waals surface area contributed by atoms with Crippen molar-refractivity contribution in [1.29, 1.82) is 0 Å². The Morgan fingerprint density at radius 3 is 2.62 bits per heavy atom. The maximum atomic E-state index is 12.2. The third kappa shape index (κ3) is 2.86. The van der Waals surface area contributed by atoms with E-state index < -0.39 is 5.60 Å². The Kier molecular flexibility index (Phi) is 4.72. The lowest BCUT2D eigenvalue weighted by atomic mass is 9.66. The normalized spacial score (nSPS) is 29.8. The van der Waals surface area contributed by atoms with Gasteiger partial charge in [0.05, 0.1) is 25.9 Å². The van der Waals surface area contributed by atoms with E-state index in [1.165, 1.54) is 0 Å². The van der Waals surface area contributed by atoms with E-state index in [2.05, 4.69) is 0 Å². The Bertz CT molecular complexity index is 617. The first-order valence-corrected chi connectivity index (χ1v) is 8.71. The fraction of sp³-hybridized carbons (Fsp3) is 0.632. The number of amides is 1. The van der Waals surface area contributed by atoms with Crippen molar-refractivity contribution >= 4 is 5.91 Å². The number of benzene rings is 1. The van der Waals surface area contributed by atoms with Gasteiger partial charge < -0.3 is 19.5 Å². The molecule has 5 heteroatoms. The van der Waals surface area contributed by atoms with E-state index in [0.29, 0.717) is 24.5 Å². The van der Waals surface area contributed by atoms with Gasteiger partial charge in [0.15, 0.2) is 11.5 Å². The zero-order valence-electron chi connectivity index (χ0n) is 14.7. The molecule has 0 radical (unpaired) electrons. The van der Waals surface area contributed by atoms with Gasteiger partial charge in [0.1, 0.15) is 0 Å². The van der Waals surface area contributed by atoms with E-state index in [9.17, 15) is 9.90 Å². The summed E-state index contributed by atoms with van der Waals surface area (Å²) in [5.41, 5.74) is 0.343. The monoisotopic (exact) mass is 333 g/mol. The molecular weight excluding hydrogens is 306 g/mol. The number of carbonyl (C=O) groups is 1. The van der Waals surface area contributed by atoms with Crippen molar-refractivity contribution in [3.63, 3.8) is 0 Å². The highest BCUT2D eigenvalue weighted by Gasteiger charge is 2.49. The van der Waals surface area contributed by atoms with Crippen LogP contribution in [-0.2, 0) is 4.79 Å². The highest BCUT2D eigenvalue weighted by Crippen LogP contribution is 2.50. The van der Waals surface area contributed by atoms with Gasteiger partial charge >= 0.3 is 0 Å². The maximum Gasteiger partial charge on any atom is 0.219 e. The molecule has 5 nitrogen and oxygen atoms in total. The number of rotatable bonds is 3. The first-order chi connectivity index (χ1) is 11.5. The minimum absolute atomic E-state index is 0.0578. The van der Waals surface area contributed by atoms with Gasteiger partial charge in [0.2, 0.25) is 5.91 Å². The van der Waals surface area contributed by atoms with Crippen molar-refractivity contribution < 1.29 is 19.4 Å². The summed E-state index contributed by atoms with van der Waals surface area (Å²) < 4.78 is 10.8. The summed E-state index contributed by atoms with van der Waals surface area (Å²) >= 11 is 0. The molecule has 132 valence electrons. The van der Waals surface area contributed by atoms with Gasteiger partial charge in [-0.15, -0.1) is 0 Å². The number of ether oxygens (including phenoxy) is 2. The molecule has 3 rings (SSSR count). The molecule has 1 aliphatic carbocycles. The predicted octanol–water partition coefficient (Wildman–Crippen LogP) is 2.92. The largest absolute Gasteiger partial charge is 0.493 e. The number of piperidine rings is 1. The van der Waals surface area contributed by atoms with Crippen LogP contribution in [0.3, 0.4) is 0 Å². The minimum atomic E-state index is -0.665. The molecule has 1 aromatic carbocycles. The number of nitrogens with zero attached hydrogens (tertiary/aromatic N) is 1. The van der Waals surface area contributed by atoms with E-state index in [1.54, 1.807) is 21.1 Å². The van der Waals surface area contributed by atoms with Gasteiger partial charge in [-0.3, -0.25) is 4.79 Å². The summed E-state index contributed by atoms with van der Waals surface area (Å²) in [6.45, 7) is 2.21. The molecule has 1 amide bonds. The number of hydrogen-bond acceptors (Lipinski definition) is 4. The molecule has 1 N–H and O–H groups in total. The third-order valence-corrected chi connectivity index (χ3v) is 5.72. The van der Waals surface area contributed by atoms with Crippen LogP contribution >= 0.6 is 0 Å². The van der Waals surface area contributed by atoms with Crippen molar-refractivity contribution in [2.24, 2.45) is 5.92 Å². The second-order valence-corrected chi connectivity index (χ2v) is 6.98. The van der Waals surface area contributed by atoms with Gasteiger partial charge in [0, 0.05) is 19.4 Å². The third-order valence-electron chi connectivity index (χ3n) is 5.72. The van der Waals surface area contributed by atoms with Crippen LogP contribution in [0.1, 0.15) is 50.6 Å². The minimum Gasteiger partial charge on any atom is -0.493 e. The van der Waals surface area contributed by atoms with Crippen LogP contribution in [0, 0.1) is 5.92 Å². The highest BCUT2D eigenvalue weighted by atomic mass is 16.5. The first kappa shape index (κ1) is 17.1. The summed E-state index contributed by atoms with van der Waals surface area (Å²) in [6.07, 6.45) is 4.60. The molecule has 1 saturated heterocycles. The number of likely N-dealkylation sites (tertiary alicyclic amines) is 1. The maximum absolute atomic E-state index is 12.2. The Hall–Kier alpha value is -1.75. The lowest BCUT2D eigenvalue weighted by molar-refractivity contribution is -0.153. The van der Waals surface area contributed by atoms with Crippen molar-refractivity contribution in [1.82, 2.24) is 4.90 Å². The van der Waals surface area contributed by atoms with Crippen molar-refractivity contribution in [2.45, 2.75) is 50.7 Å². The van der Waals surface area contributed by atoms with E-state index >= 15 is 0 Å². The molecule has 0 bridgehead atoms. The number of methoxy groups -OCH3 is 2. The lowest BCUT2D eigenvalue weighted by Crippen LogP contribution is -2.55. The number of carbonyl (C=O) groups excluding carboxylic acids is 1. The van der Waals surface area contributed by atoms with Crippen LogP contribution in [0.2, 0.25) is 0 Å². The fourth-order valence-corrected chi connectivity index (χ4v) is 4.48. The van der Waals surface area contributed by atoms with Crippen LogP contribution in [-0.4, -0.2) is 42.3 Å². The summed E-state index contributed by atoms with van der Waals surface area (Å²) in [5, 5.41) is 11.2. The molecule has 24 heavy (non-hydrogen) atoms. The van der Waals surface area contributed by atoms with E-state index in [-0.39, 0.29) is 17.9 Å². The molecule has 2 aliphatic rings. The Morgan fingerprint density at radius 2 is 1.96 bits per heavy atom. The first-order valence-electron chi connectivity index (χ1n) is 8.71. The summed E-state index contributed by atoms with van der Waals surface area (Å²) in [6, 6.07) is 5.70. The fourth-order valence-electron chi connectivity index (χ4n) is 4.48. The average Bonchev–Trinajstić information content (AvgIpc) is 2.59. The van der Waals surface area contributed by atoms with Gasteiger partial charge in [0.25, 0.3) is 0 Å². The Labute approximate surface area is 143 Å². The van der Waals surface area contributed by atoms with Crippen LogP contribution in [0.25, 0.3) is 0 Å². The smallest absolute Gasteiger partial charge is 0.219 e. The zero-order chi connectivity index (χ0) is 17.3. The van der Waals surface area contributed by atoms with Gasteiger partial charge in [-0.05, 0) is 37.0 Å². The van der Waals surface area contributed by atoms with Crippen LogP contribution in [0.4, 0.5) is 0 Å². The molecule has 2 fully saturated rings. The molecule has 1 saturated carbocycles. The standard InChI is InChI=1S/C19H27NO4/c1-13(21)20-11-10-19(22)9-5-4-6-15(19)18(20)14-7-8-16(23-2)17(12-14)24-3/h7-8,12,15,18,22H,4-6,9-11H2,1-3H3. The number of fused-ring (bicyclic) bond motifs is 1. The van der Waals surface area contributed by atoms with Crippen LogP contribution in [0.15, 0.2) is 18.2 Å². The summed E-state index contributed by atoms with van der Waals surface area (Å²) in [5.74, 6) is 1.46. The van der Waals surface area contributed by atoms with Gasteiger partial charge in [-0.2, -0.15) is 0 Å². The average molecular weight is 333 g/mol. The van der Waals surface area contributed by atoms with Crippen LogP contribution < -0.4 is 9.47 Å². The summed E-state index contributed by atoms with van der Waals surface area (Å²) in [7, 11) is 3.22. The van der Waals surface area contributed by atoms with Crippen molar-refractivity contribution in [2.75, 3.05) is 20.8 Å². The molecule has 3 atom stereocenters. The SMILES string of the molecule is COc1ccc(C2C3CCCCC3(O)CCN2C(C)=O)cc1OC. The van der Waals surface area contributed by atoms with E-state index in [0.717, 1.165) is 31.2 Å². The van der Waals surface area contributed by atoms with Gasteiger partial charge in [-0.25, -0.2) is 0 Å². The Morgan fingerprint density at radius 1 is 1.21 bits per heavy atom. The molecule has 1 aromatic rings. The van der Waals surface area contributed by atoms with Crippen molar-refractivity contribution in [3.05, 3.63) is 23.8 Å². The second kappa shape index (κ2) is 6.63. The molecule has 0 spiro atoms. The number of hydrogen-bond donors (Lipinski definition) is 1. The van der Waals surface area contributed by atoms with Crippen LogP contribution in [0.5, 0.6) is 11.5 Å². The molecule has 1 heterocycles. The quantitative estimate of drug-likeness (QED) is 0.924. The summed E-state index contributed by atoms with van der Waals surface area (Å²) in [4.78, 5) is 14.1. The second-order valence-electron chi connectivity index (χ2n) is 6.98. The molecule has 3 unspecified atom stereocenters. The number of aliphatic hydroxyl groups is 1. The lowest BCUT2D eigenvalue weighted by Gasteiger charge is -2.52. The highest BCUT2D eigenvalue weighted by molar-refractivity contribution is 5.74. The predicted molar refractivity (Wildman–Crippen MR) is 91.2 cm³/mol. The zero-order valence-corrected chi connectivity index (χ0v) is 14.7. The Balaban J connectivity index is 2.04. The van der Waals surface area contributed by atoms with E-state index in [4.69, 9.17) is 9.47 Å².